The Morgan fingerprint density at radius 2 is 1.53 bits per heavy atom. The Balaban J connectivity index is 1.80. The topological polar surface area (TPSA) is 128 Å². The van der Waals surface area contributed by atoms with Gasteiger partial charge in [0, 0.05) is 0 Å². The van der Waals surface area contributed by atoms with Crippen molar-refractivity contribution >= 4 is 28.4 Å². The first kappa shape index (κ1) is 34.7. The fourth-order valence-corrected chi connectivity index (χ4v) is 6.25. The third kappa shape index (κ3) is 9.34. The molecule has 6 atom stereocenters. The van der Waals surface area contributed by atoms with Crippen LogP contribution in [-0.4, -0.2) is 63.7 Å². The number of rotatable bonds is 15. The molecule has 2 amide bonds. The second-order valence-electron chi connectivity index (χ2n) is 13.1. The quantitative estimate of drug-likeness (QED) is 0.207. The van der Waals surface area contributed by atoms with Crippen molar-refractivity contribution in [3.63, 3.8) is 0 Å². The summed E-state index contributed by atoms with van der Waals surface area (Å²) in [6, 6.07) is 11.7. The van der Waals surface area contributed by atoms with E-state index in [0.29, 0.717) is 32.1 Å². The van der Waals surface area contributed by atoms with E-state index in [2.05, 4.69) is 16.0 Å². The number of benzene rings is 2. The van der Waals surface area contributed by atoms with Crippen molar-refractivity contribution in [2.45, 2.75) is 129 Å². The van der Waals surface area contributed by atoms with Crippen LogP contribution in [0.15, 0.2) is 42.5 Å². The fourth-order valence-electron chi connectivity index (χ4n) is 6.25. The highest BCUT2D eigenvalue weighted by Gasteiger charge is 2.40. The van der Waals surface area contributed by atoms with Gasteiger partial charge < -0.3 is 20.8 Å². The lowest BCUT2D eigenvalue weighted by Crippen LogP contribution is -2.62. The third-order valence-electron chi connectivity index (χ3n) is 9.18. The van der Waals surface area contributed by atoms with Crippen LogP contribution in [0, 0.1) is 11.8 Å². The number of aliphatic hydroxyl groups is 2. The van der Waals surface area contributed by atoms with Gasteiger partial charge in [0.2, 0.25) is 11.8 Å². The highest BCUT2D eigenvalue weighted by atomic mass is 16.3. The maximum atomic E-state index is 13.8. The van der Waals surface area contributed by atoms with Crippen molar-refractivity contribution in [1.82, 2.24) is 16.0 Å². The molecule has 0 aromatic heterocycles. The van der Waals surface area contributed by atoms with Gasteiger partial charge in [-0.1, -0.05) is 95.8 Å². The van der Waals surface area contributed by atoms with Gasteiger partial charge in [0.25, 0.3) is 0 Å². The van der Waals surface area contributed by atoms with E-state index in [1.807, 2.05) is 70.2 Å². The Morgan fingerprint density at radius 3 is 2.14 bits per heavy atom. The molecule has 2 aromatic carbocycles. The first-order valence-corrected chi connectivity index (χ1v) is 16.1. The molecule has 0 bridgehead atoms. The summed E-state index contributed by atoms with van der Waals surface area (Å²) in [5.41, 5.74) is 0.203. The zero-order chi connectivity index (χ0) is 31.7. The lowest BCUT2D eigenvalue weighted by molar-refractivity contribution is -0.133. The molecule has 0 saturated heterocycles. The average Bonchev–Trinajstić information content (AvgIpc) is 2.98. The van der Waals surface area contributed by atoms with Gasteiger partial charge in [-0.15, -0.1) is 0 Å². The van der Waals surface area contributed by atoms with Crippen LogP contribution in [0.2, 0.25) is 0 Å². The first-order valence-electron chi connectivity index (χ1n) is 16.1. The van der Waals surface area contributed by atoms with E-state index >= 15 is 0 Å². The number of hydrogen-bond acceptors (Lipinski definition) is 6. The maximum absolute atomic E-state index is 13.8. The smallest absolute Gasteiger partial charge is 0.243 e. The monoisotopic (exact) mass is 595 g/mol. The van der Waals surface area contributed by atoms with E-state index in [-0.39, 0.29) is 23.5 Å². The lowest BCUT2D eigenvalue weighted by Gasteiger charge is -2.38. The number of amides is 2. The number of aliphatic hydroxyl groups excluding tert-OH is 2. The summed E-state index contributed by atoms with van der Waals surface area (Å²) in [6.07, 6.45) is 3.45. The molecule has 43 heavy (non-hydrogen) atoms. The second kappa shape index (κ2) is 15.8. The summed E-state index contributed by atoms with van der Waals surface area (Å²) in [4.78, 5) is 39.8. The van der Waals surface area contributed by atoms with Crippen molar-refractivity contribution in [1.29, 1.82) is 0 Å². The molecule has 238 valence electrons. The molecule has 0 aliphatic heterocycles. The number of carbonyl (C=O) groups excluding carboxylic acids is 3. The number of Topliss-reactive ketones (excluding diaryl/α,β-unsaturated/α-hetero) is 1. The summed E-state index contributed by atoms with van der Waals surface area (Å²) in [6.45, 7) is 11.1. The molecule has 5 N–H and O–H groups in total. The van der Waals surface area contributed by atoms with Gasteiger partial charge >= 0.3 is 0 Å². The molecule has 0 radical (unpaired) electrons. The summed E-state index contributed by atoms with van der Waals surface area (Å²) < 4.78 is 0. The molecule has 2 aromatic rings. The zero-order valence-corrected chi connectivity index (χ0v) is 26.9. The lowest BCUT2D eigenvalue weighted by atomic mass is 9.78. The molecule has 8 heteroatoms. The standard InChI is InChI=1S/C35H53N3O5/c1-7-23(4)31(37-33(42)24(5)38-35(25(6)39)17-11-8-12-18-35)34(43)36-29(32(41)30(40)19-22(2)3)21-26-15-16-27-13-9-10-14-28(27)20-26/h9-10,13-16,20,22-24,29-32,38,40-41H,7-8,11-12,17-19,21H2,1-6H3,(H,36,43)(H,37,42)/t23?,24?,29-,30-,31?,32+/m0/s1. The second-order valence-corrected chi connectivity index (χ2v) is 13.1. The van der Waals surface area contributed by atoms with Gasteiger partial charge in [-0.25, -0.2) is 0 Å². The summed E-state index contributed by atoms with van der Waals surface area (Å²) in [5.74, 6) is -0.751. The van der Waals surface area contributed by atoms with Gasteiger partial charge in [0.05, 0.1) is 23.7 Å². The molecule has 1 aliphatic carbocycles. The Morgan fingerprint density at radius 1 is 0.884 bits per heavy atom. The summed E-state index contributed by atoms with van der Waals surface area (Å²) in [5, 5.41) is 33.5. The van der Waals surface area contributed by atoms with Gasteiger partial charge in [-0.3, -0.25) is 19.7 Å². The molecule has 3 rings (SSSR count). The SMILES string of the molecule is CCC(C)C(NC(=O)C(C)NC1(C(C)=O)CCCCC1)C(=O)N[C@@H](Cc1ccc2ccccc2c1)[C@@H](O)[C@@H](O)CC(C)C. The van der Waals surface area contributed by atoms with E-state index in [0.717, 1.165) is 35.6 Å². The van der Waals surface area contributed by atoms with Crippen molar-refractivity contribution < 1.29 is 24.6 Å². The largest absolute Gasteiger partial charge is 0.390 e. The van der Waals surface area contributed by atoms with Crippen molar-refractivity contribution in [2.24, 2.45) is 11.8 Å². The van der Waals surface area contributed by atoms with Crippen LogP contribution in [0.5, 0.6) is 0 Å². The van der Waals surface area contributed by atoms with Gasteiger partial charge in [-0.2, -0.15) is 0 Å². The molecule has 8 nitrogen and oxygen atoms in total. The van der Waals surface area contributed by atoms with Crippen LogP contribution in [0.3, 0.4) is 0 Å². The molecular formula is C35H53N3O5. The predicted octanol–water partition coefficient (Wildman–Crippen LogP) is 4.44. The minimum atomic E-state index is -1.20. The van der Waals surface area contributed by atoms with Crippen LogP contribution in [-0.2, 0) is 20.8 Å². The molecule has 0 heterocycles. The Hall–Kier alpha value is -2.81. The van der Waals surface area contributed by atoms with E-state index in [1.165, 1.54) is 0 Å². The average molecular weight is 596 g/mol. The van der Waals surface area contributed by atoms with E-state index < -0.39 is 41.8 Å². The van der Waals surface area contributed by atoms with Crippen molar-refractivity contribution in [3.05, 3.63) is 48.0 Å². The number of fused-ring (bicyclic) bond motifs is 1. The number of nitrogens with one attached hydrogen (secondary N) is 3. The minimum Gasteiger partial charge on any atom is -0.390 e. The normalized spacial score (nSPS) is 19.2. The maximum Gasteiger partial charge on any atom is 0.243 e. The Labute approximate surface area is 257 Å². The molecule has 1 aliphatic rings. The first-order chi connectivity index (χ1) is 20.4. The van der Waals surface area contributed by atoms with Crippen LogP contribution < -0.4 is 16.0 Å². The number of ketones is 1. The van der Waals surface area contributed by atoms with E-state index in [9.17, 15) is 24.6 Å². The molecular weight excluding hydrogens is 542 g/mol. The molecule has 0 spiro atoms. The fraction of sp³-hybridized carbons (Fsp3) is 0.629. The van der Waals surface area contributed by atoms with Gasteiger partial charge in [0.15, 0.2) is 0 Å². The van der Waals surface area contributed by atoms with Crippen molar-refractivity contribution in [2.75, 3.05) is 0 Å². The molecule has 1 saturated carbocycles. The molecule has 1 fully saturated rings. The van der Waals surface area contributed by atoms with Crippen LogP contribution in [0.25, 0.3) is 10.8 Å². The van der Waals surface area contributed by atoms with Gasteiger partial charge in [-0.05, 0) is 67.7 Å². The van der Waals surface area contributed by atoms with Crippen LogP contribution >= 0.6 is 0 Å². The van der Waals surface area contributed by atoms with Crippen LogP contribution in [0.1, 0.15) is 92.1 Å². The van der Waals surface area contributed by atoms with Crippen LogP contribution in [0.4, 0.5) is 0 Å². The van der Waals surface area contributed by atoms with Gasteiger partial charge in [0.1, 0.15) is 17.9 Å². The predicted molar refractivity (Wildman–Crippen MR) is 172 cm³/mol. The molecule has 3 unspecified atom stereocenters. The Bertz CT molecular complexity index is 1220. The van der Waals surface area contributed by atoms with Crippen molar-refractivity contribution in [3.8, 4) is 0 Å². The van der Waals surface area contributed by atoms with E-state index in [4.69, 9.17) is 0 Å². The number of hydrogen-bond donors (Lipinski definition) is 5. The number of carbonyl (C=O) groups is 3. The van der Waals surface area contributed by atoms with E-state index in [1.54, 1.807) is 13.8 Å². The Kier molecular flexibility index (Phi) is 12.7. The zero-order valence-electron chi connectivity index (χ0n) is 26.9. The third-order valence-corrected chi connectivity index (χ3v) is 9.18. The minimum absolute atomic E-state index is 0.0357. The highest BCUT2D eigenvalue weighted by Crippen LogP contribution is 2.29. The summed E-state index contributed by atoms with van der Waals surface area (Å²) in [7, 11) is 0. The summed E-state index contributed by atoms with van der Waals surface area (Å²) >= 11 is 0. The highest BCUT2D eigenvalue weighted by molar-refractivity contribution is 5.91.